The van der Waals surface area contributed by atoms with Crippen LogP contribution in [0.3, 0.4) is 0 Å². The second kappa shape index (κ2) is 7.10. The summed E-state index contributed by atoms with van der Waals surface area (Å²) in [7, 11) is -3.81. The molecular weight excluding hydrogens is 406 g/mol. The summed E-state index contributed by atoms with van der Waals surface area (Å²) in [6, 6.07) is 12.2. The fraction of sp³-hybridized carbons (Fsp3) is 0.333. The van der Waals surface area contributed by atoms with E-state index in [9.17, 15) is 18.0 Å². The number of piperidine rings is 1. The second-order valence-electron chi connectivity index (χ2n) is 7.74. The van der Waals surface area contributed by atoms with Gasteiger partial charge in [-0.05, 0) is 43.0 Å². The number of amides is 1. The number of H-pyrrole nitrogens is 1. The number of hydrogen-bond acceptors (Lipinski definition) is 5. The average Bonchev–Trinajstić information content (AvgIpc) is 3.35. The van der Waals surface area contributed by atoms with E-state index in [0.717, 1.165) is 17.7 Å². The number of aromatic amines is 1. The highest BCUT2D eigenvalue weighted by Gasteiger charge is 2.37. The second-order valence-corrected chi connectivity index (χ2v) is 9.68. The number of carbonyl (C=O) groups is 1. The standard InChI is InChI=1S/C21H21N3O5S/c25-20(24-11-9-14-4-1-2-6-18(14)24)15-5-3-10-23(13-15)30(27,28)16-7-8-17-19(12-16)29-21(26)22-17/h1-2,4,6-8,12,15H,3,5,9-11,13H2,(H,22,26). The quantitative estimate of drug-likeness (QED) is 0.690. The number of sulfonamides is 1. The van der Waals surface area contributed by atoms with Crippen molar-refractivity contribution in [2.75, 3.05) is 24.5 Å². The maximum Gasteiger partial charge on any atom is 0.417 e. The molecule has 8 nitrogen and oxygen atoms in total. The van der Waals surface area contributed by atoms with Gasteiger partial charge in [-0.2, -0.15) is 4.31 Å². The maximum absolute atomic E-state index is 13.2. The molecule has 0 spiro atoms. The molecule has 9 heteroatoms. The van der Waals surface area contributed by atoms with Crippen LogP contribution in [0.25, 0.3) is 11.1 Å². The molecule has 1 atom stereocenters. The van der Waals surface area contributed by atoms with Crippen molar-refractivity contribution in [3.05, 3.63) is 58.6 Å². The van der Waals surface area contributed by atoms with Crippen LogP contribution in [0.15, 0.2) is 56.6 Å². The minimum atomic E-state index is -3.81. The van der Waals surface area contributed by atoms with E-state index in [2.05, 4.69) is 4.98 Å². The Hall–Kier alpha value is -2.91. The molecule has 0 bridgehead atoms. The number of anilines is 1. The Balaban J connectivity index is 1.39. The van der Waals surface area contributed by atoms with Crippen molar-refractivity contribution in [1.29, 1.82) is 0 Å². The summed E-state index contributed by atoms with van der Waals surface area (Å²) in [5, 5.41) is 0. The molecule has 1 fully saturated rings. The molecule has 30 heavy (non-hydrogen) atoms. The van der Waals surface area contributed by atoms with Crippen molar-refractivity contribution in [2.45, 2.75) is 24.2 Å². The number of para-hydroxylation sites is 1. The smallest absolute Gasteiger partial charge is 0.408 e. The molecule has 2 aliphatic rings. The lowest BCUT2D eigenvalue weighted by Gasteiger charge is -2.33. The summed E-state index contributed by atoms with van der Waals surface area (Å²) in [6.07, 6.45) is 2.10. The SMILES string of the molecule is O=C(C1CCCN(S(=O)(=O)c2ccc3[nH]c(=O)oc3c2)C1)N1CCc2ccccc21. The molecule has 156 valence electrons. The third-order valence-corrected chi connectivity index (χ3v) is 7.78. The first-order valence-corrected chi connectivity index (χ1v) is 11.4. The molecule has 1 unspecified atom stereocenters. The number of aromatic nitrogens is 1. The molecule has 5 rings (SSSR count). The fourth-order valence-corrected chi connectivity index (χ4v) is 5.92. The lowest BCUT2D eigenvalue weighted by atomic mass is 9.98. The topological polar surface area (TPSA) is 104 Å². The van der Waals surface area contributed by atoms with Crippen molar-refractivity contribution in [1.82, 2.24) is 9.29 Å². The minimum absolute atomic E-state index is 0.0214. The third-order valence-electron chi connectivity index (χ3n) is 5.92. The lowest BCUT2D eigenvalue weighted by molar-refractivity contribution is -0.123. The molecule has 3 aromatic rings. The van der Waals surface area contributed by atoms with E-state index >= 15 is 0 Å². The van der Waals surface area contributed by atoms with E-state index in [0.29, 0.717) is 31.4 Å². The first kappa shape index (κ1) is 19.1. The first-order chi connectivity index (χ1) is 14.4. The highest BCUT2D eigenvalue weighted by atomic mass is 32.2. The van der Waals surface area contributed by atoms with Crippen LogP contribution in [0.5, 0.6) is 0 Å². The van der Waals surface area contributed by atoms with Gasteiger partial charge < -0.3 is 9.32 Å². The third kappa shape index (κ3) is 3.14. The van der Waals surface area contributed by atoms with Crippen LogP contribution >= 0.6 is 0 Å². The molecule has 1 amide bonds. The molecular formula is C21H21N3O5S. The summed E-state index contributed by atoms with van der Waals surface area (Å²) in [5.74, 6) is -1.03. The van der Waals surface area contributed by atoms with Crippen LogP contribution in [-0.2, 0) is 21.2 Å². The van der Waals surface area contributed by atoms with Crippen LogP contribution in [0.4, 0.5) is 5.69 Å². The van der Waals surface area contributed by atoms with E-state index < -0.39 is 15.8 Å². The normalized spacial score (nSPS) is 19.9. The Morgan fingerprint density at radius 2 is 1.97 bits per heavy atom. The molecule has 3 heterocycles. The predicted molar refractivity (Wildman–Crippen MR) is 111 cm³/mol. The van der Waals surface area contributed by atoms with Gasteiger partial charge in [0.15, 0.2) is 5.58 Å². The van der Waals surface area contributed by atoms with Gasteiger partial charge in [-0.3, -0.25) is 9.78 Å². The summed E-state index contributed by atoms with van der Waals surface area (Å²) in [4.78, 5) is 28.9. The summed E-state index contributed by atoms with van der Waals surface area (Å²) >= 11 is 0. The van der Waals surface area contributed by atoms with Gasteiger partial charge in [-0.15, -0.1) is 0 Å². The van der Waals surface area contributed by atoms with E-state index in [-0.39, 0.29) is 28.8 Å². The Bertz CT molecular complexity index is 1290. The van der Waals surface area contributed by atoms with Gasteiger partial charge >= 0.3 is 5.76 Å². The zero-order chi connectivity index (χ0) is 20.9. The number of carbonyl (C=O) groups excluding carboxylic acids is 1. The van der Waals surface area contributed by atoms with Gasteiger partial charge in [0, 0.05) is 31.4 Å². The van der Waals surface area contributed by atoms with E-state index in [1.807, 2.05) is 24.3 Å². The van der Waals surface area contributed by atoms with Crippen LogP contribution in [-0.4, -0.2) is 43.2 Å². The van der Waals surface area contributed by atoms with Gasteiger partial charge in [-0.1, -0.05) is 18.2 Å². The predicted octanol–water partition coefficient (Wildman–Crippen LogP) is 2.11. The van der Waals surface area contributed by atoms with Crippen molar-refractivity contribution in [3.63, 3.8) is 0 Å². The van der Waals surface area contributed by atoms with Gasteiger partial charge in [-0.25, -0.2) is 13.2 Å². The molecule has 2 aliphatic heterocycles. The zero-order valence-electron chi connectivity index (χ0n) is 16.2. The Morgan fingerprint density at radius 3 is 2.83 bits per heavy atom. The zero-order valence-corrected chi connectivity index (χ0v) is 17.0. The number of rotatable bonds is 3. The van der Waals surface area contributed by atoms with Gasteiger partial charge in [0.25, 0.3) is 0 Å². The average molecular weight is 427 g/mol. The highest BCUT2D eigenvalue weighted by Crippen LogP contribution is 2.32. The monoisotopic (exact) mass is 427 g/mol. The van der Waals surface area contributed by atoms with Gasteiger partial charge in [0.2, 0.25) is 15.9 Å². The number of nitrogens with zero attached hydrogens (tertiary/aromatic N) is 2. The molecule has 1 N–H and O–H groups in total. The van der Waals surface area contributed by atoms with Crippen LogP contribution in [0.2, 0.25) is 0 Å². The van der Waals surface area contributed by atoms with Gasteiger partial charge in [0.05, 0.1) is 16.3 Å². The molecule has 0 aliphatic carbocycles. The summed E-state index contributed by atoms with van der Waals surface area (Å²) < 4.78 is 32.8. The molecule has 2 aromatic carbocycles. The van der Waals surface area contributed by atoms with Crippen molar-refractivity contribution < 1.29 is 17.6 Å². The molecule has 1 aromatic heterocycles. The highest BCUT2D eigenvalue weighted by molar-refractivity contribution is 7.89. The Morgan fingerprint density at radius 1 is 1.13 bits per heavy atom. The van der Waals surface area contributed by atoms with Crippen molar-refractivity contribution in [2.24, 2.45) is 5.92 Å². The van der Waals surface area contributed by atoms with E-state index in [4.69, 9.17) is 4.42 Å². The summed E-state index contributed by atoms with van der Waals surface area (Å²) in [6.45, 7) is 1.14. The molecule has 1 saturated heterocycles. The van der Waals surface area contributed by atoms with E-state index in [1.54, 1.807) is 4.90 Å². The number of oxazole rings is 1. The fourth-order valence-electron chi connectivity index (χ4n) is 4.39. The number of fused-ring (bicyclic) bond motifs is 2. The Labute approximate surface area is 173 Å². The number of nitrogens with one attached hydrogen (secondary N) is 1. The minimum Gasteiger partial charge on any atom is -0.408 e. The van der Waals surface area contributed by atoms with Crippen LogP contribution in [0.1, 0.15) is 18.4 Å². The first-order valence-electron chi connectivity index (χ1n) is 9.96. The number of hydrogen-bond donors (Lipinski definition) is 1. The van der Waals surface area contributed by atoms with Crippen LogP contribution in [0, 0.1) is 5.92 Å². The number of benzene rings is 2. The van der Waals surface area contributed by atoms with Crippen molar-refractivity contribution >= 4 is 32.7 Å². The summed E-state index contributed by atoms with van der Waals surface area (Å²) in [5.41, 5.74) is 2.71. The lowest BCUT2D eigenvalue weighted by Crippen LogP contribution is -2.46. The largest absolute Gasteiger partial charge is 0.417 e. The molecule has 0 saturated carbocycles. The maximum atomic E-state index is 13.2. The van der Waals surface area contributed by atoms with Crippen molar-refractivity contribution in [3.8, 4) is 0 Å². The Kier molecular flexibility index (Phi) is 4.52. The van der Waals surface area contributed by atoms with Crippen LogP contribution < -0.4 is 10.7 Å². The van der Waals surface area contributed by atoms with Gasteiger partial charge in [0.1, 0.15) is 0 Å². The van der Waals surface area contributed by atoms with E-state index in [1.165, 1.54) is 22.5 Å². The molecule has 0 radical (unpaired) electrons.